The van der Waals surface area contributed by atoms with Crippen LogP contribution in [0.1, 0.15) is 27.2 Å². The van der Waals surface area contributed by atoms with Gasteiger partial charge < -0.3 is 0 Å². The van der Waals surface area contributed by atoms with Crippen molar-refractivity contribution in [2.24, 2.45) is 4.99 Å². The first kappa shape index (κ1) is 6.67. The summed E-state index contributed by atoms with van der Waals surface area (Å²) in [7, 11) is 0. The molecule has 0 aromatic heterocycles. The zero-order valence-corrected chi connectivity index (χ0v) is 5.31. The van der Waals surface area contributed by atoms with Gasteiger partial charge in [0, 0.05) is 6.04 Å². The highest BCUT2D eigenvalue weighted by molar-refractivity contribution is 5.56. The van der Waals surface area contributed by atoms with E-state index in [1.54, 1.807) is 0 Å². The molecule has 0 aliphatic carbocycles. The van der Waals surface area contributed by atoms with Gasteiger partial charge in [-0.05, 0) is 26.5 Å². The summed E-state index contributed by atoms with van der Waals surface area (Å²) in [6, 6.07) is 0.472. The molecule has 0 aromatic carbocycles. The third-order valence-corrected chi connectivity index (χ3v) is 0.586. The van der Waals surface area contributed by atoms with E-state index in [1.165, 1.54) is 0 Å². The number of hydrogen-bond acceptors (Lipinski definition) is 1. The molecule has 0 amide bonds. The quantitative estimate of drug-likeness (QED) is 0.469. The summed E-state index contributed by atoms with van der Waals surface area (Å²) in [5, 5.41) is 0. The zero-order valence-electron chi connectivity index (χ0n) is 5.31. The number of rotatable bonds is 2. The highest BCUT2D eigenvalue weighted by atomic mass is 14.7. The van der Waals surface area contributed by atoms with Gasteiger partial charge in [-0.25, -0.2) is 0 Å². The Balaban J connectivity index is 3.08. The van der Waals surface area contributed by atoms with Gasteiger partial charge in [0.15, 0.2) is 0 Å². The van der Waals surface area contributed by atoms with Crippen molar-refractivity contribution in [1.82, 2.24) is 0 Å². The maximum absolute atomic E-state index is 4.12. The molecule has 0 N–H and O–H groups in total. The van der Waals surface area contributed by atoms with Crippen LogP contribution >= 0.6 is 0 Å². The second-order valence-electron chi connectivity index (χ2n) is 1.83. The summed E-state index contributed by atoms with van der Waals surface area (Å²) >= 11 is 0. The monoisotopic (exact) mass is 99.1 g/mol. The smallest absolute Gasteiger partial charge is 0.0439 e. The maximum atomic E-state index is 4.12. The zero-order chi connectivity index (χ0) is 5.70. The standard InChI is InChI=1S/C6H13N/c1-4-5-7-6(2)3/h5-6H,4H2,1-3H3/b7-5+. The Bertz CT molecular complexity index is 55.2. The SMILES string of the molecule is CC/C=N/C(C)C. The summed E-state index contributed by atoms with van der Waals surface area (Å²) < 4.78 is 0. The number of nitrogens with zero attached hydrogens (tertiary/aromatic N) is 1. The lowest BCUT2D eigenvalue weighted by molar-refractivity contribution is 0.837. The van der Waals surface area contributed by atoms with E-state index in [2.05, 4.69) is 25.8 Å². The molecule has 1 nitrogen and oxygen atoms in total. The van der Waals surface area contributed by atoms with Crippen LogP contribution in [0.2, 0.25) is 0 Å². The number of aliphatic imine (C=N–C) groups is 1. The molecule has 0 spiro atoms. The Morgan fingerprint density at radius 3 is 2.29 bits per heavy atom. The molecule has 0 aliphatic heterocycles. The molecule has 0 aliphatic rings. The highest BCUT2D eigenvalue weighted by Crippen LogP contribution is 1.82. The van der Waals surface area contributed by atoms with Gasteiger partial charge in [0.1, 0.15) is 0 Å². The lowest BCUT2D eigenvalue weighted by Crippen LogP contribution is -1.86. The van der Waals surface area contributed by atoms with Gasteiger partial charge in [-0.3, -0.25) is 4.99 Å². The molecule has 0 saturated heterocycles. The van der Waals surface area contributed by atoms with Gasteiger partial charge in [0.2, 0.25) is 0 Å². The molecule has 0 unspecified atom stereocenters. The molecule has 0 bridgehead atoms. The predicted octanol–water partition coefficient (Wildman–Crippen LogP) is 1.88. The highest BCUT2D eigenvalue weighted by Gasteiger charge is 1.78. The van der Waals surface area contributed by atoms with Gasteiger partial charge in [-0.1, -0.05) is 6.92 Å². The van der Waals surface area contributed by atoms with Crippen LogP contribution in [0.25, 0.3) is 0 Å². The molecule has 1 heteroatoms. The third kappa shape index (κ3) is 5.67. The van der Waals surface area contributed by atoms with Crippen molar-refractivity contribution in [2.75, 3.05) is 0 Å². The average molecular weight is 99.2 g/mol. The van der Waals surface area contributed by atoms with Gasteiger partial charge in [0.05, 0.1) is 0 Å². The van der Waals surface area contributed by atoms with E-state index in [1.807, 2.05) is 6.21 Å². The fraction of sp³-hybridized carbons (Fsp3) is 0.833. The molecule has 0 rings (SSSR count). The largest absolute Gasteiger partial charge is 0.295 e. The Morgan fingerprint density at radius 2 is 2.14 bits per heavy atom. The average Bonchev–Trinajstić information content (AvgIpc) is 1.61. The van der Waals surface area contributed by atoms with Crippen LogP contribution in [0.5, 0.6) is 0 Å². The second kappa shape index (κ2) is 3.85. The summed E-state index contributed by atoms with van der Waals surface area (Å²) in [6.07, 6.45) is 3.00. The lowest BCUT2D eigenvalue weighted by atomic mass is 10.4. The third-order valence-electron chi connectivity index (χ3n) is 0.586. The van der Waals surface area contributed by atoms with Gasteiger partial charge in [-0.2, -0.15) is 0 Å². The van der Waals surface area contributed by atoms with Crippen molar-refractivity contribution < 1.29 is 0 Å². The molecule has 0 atom stereocenters. The van der Waals surface area contributed by atoms with E-state index in [4.69, 9.17) is 0 Å². The fourth-order valence-electron chi connectivity index (χ4n) is 0.316. The summed E-state index contributed by atoms with van der Waals surface area (Å²) in [4.78, 5) is 4.12. The van der Waals surface area contributed by atoms with Crippen LogP contribution in [0, 0.1) is 0 Å². The van der Waals surface area contributed by atoms with Gasteiger partial charge in [-0.15, -0.1) is 0 Å². The Hall–Kier alpha value is -0.330. The first-order valence-electron chi connectivity index (χ1n) is 2.79. The fourth-order valence-corrected chi connectivity index (χ4v) is 0.316. The minimum Gasteiger partial charge on any atom is -0.295 e. The van der Waals surface area contributed by atoms with Crippen molar-refractivity contribution in [3.63, 3.8) is 0 Å². The minimum atomic E-state index is 0.472. The lowest BCUT2D eigenvalue weighted by Gasteiger charge is -1.89. The Labute approximate surface area is 45.5 Å². The van der Waals surface area contributed by atoms with Crippen molar-refractivity contribution >= 4 is 6.21 Å². The van der Waals surface area contributed by atoms with E-state index in [-0.39, 0.29) is 0 Å². The van der Waals surface area contributed by atoms with E-state index < -0.39 is 0 Å². The van der Waals surface area contributed by atoms with Crippen molar-refractivity contribution in [3.05, 3.63) is 0 Å². The summed E-state index contributed by atoms with van der Waals surface area (Å²) in [6.45, 7) is 6.24. The van der Waals surface area contributed by atoms with Crippen LogP contribution in [-0.2, 0) is 0 Å². The first-order valence-corrected chi connectivity index (χ1v) is 2.79. The van der Waals surface area contributed by atoms with Crippen LogP contribution < -0.4 is 0 Å². The van der Waals surface area contributed by atoms with Gasteiger partial charge >= 0.3 is 0 Å². The van der Waals surface area contributed by atoms with Crippen molar-refractivity contribution in [2.45, 2.75) is 33.2 Å². The molecule has 7 heavy (non-hydrogen) atoms. The molecule has 0 saturated carbocycles. The van der Waals surface area contributed by atoms with Crippen molar-refractivity contribution in [1.29, 1.82) is 0 Å². The maximum Gasteiger partial charge on any atom is 0.0439 e. The van der Waals surface area contributed by atoms with E-state index >= 15 is 0 Å². The summed E-state index contributed by atoms with van der Waals surface area (Å²) in [5.74, 6) is 0. The molecule has 0 aromatic rings. The molecule has 0 radical (unpaired) electrons. The second-order valence-corrected chi connectivity index (χ2v) is 1.83. The first-order chi connectivity index (χ1) is 3.27. The van der Waals surface area contributed by atoms with E-state index in [0.717, 1.165) is 6.42 Å². The normalized spacial score (nSPS) is 11.4. The molecular weight excluding hydrogens is 86.1 g/mol. The Kier molecular flexibility index (Phi) is 3.67. The van der Waals surface area contributed by atoms with Crippen molar-refractivity contribution in [3.8, 4) is 0 Å². The Morgan fingerprint density at radius 1 is 1.57 bits per heavy atom. The minimum absolute atomic E-state index is 0.472. The molecule has 0 heterocycles. The predicted molar refractivity (Wildman–Crippen MR) is 33.9 cm³/mol. The van der Waals surface area contributed by atoms with Gasteiger partial charge in [0.25, 0.3) is 0 Å². The summed E-state index contributed by atoms with van der Waals surface area (Å²) in [5.41, 5.74) is 0. The van der Waals surface area contributed by atoms with E-state index in [0.29, 0.717) is 6.04 Å². The number of hydrogen-bond donors (Lipinski definition) is 0. The van der Waals surface area contributed by atoms with Crippen LogP contribution in [0.15, 0.2) is 4.99 Å². The van der Waals surface area contributed by atoms with Crippen LogP contribution in [0.4, 0.5) is 0 Å². The van der Waals surface area contributed by atoms with Crippen LogP contribution in [0.3, 0.4) is 0 Å². The van der Waals surface area contributed by atoms with Crippen LogP contribution in [-0.4, -0.2) is 12.3 Å². The molecular formula is C6H13N. The molecule has 42 valence electrons. The molecule has 0 fully saturated rings. The topological polar surface area (TPSA) is 12.4 Å². The van der Waals surface area contributed by atoms with E-state index in [9.17, 15) is 0 Å².